The number of carbonyl (C=O) groups is 12. The first kappa shape index (κ1) is 118. The number of nitrogen functional groups attached to an aromatic ring is 1. The molecule has 3 aromatic heterocycles. The number of hydrogen-bond donors (Lipinski definition) is 13. The molecule has 14 N–H and O–H groups in total. The maximum Gasteiger partial charge on any atom is 0.319 e. The van der Waals surface area contributed by atoms with Gasteiger partial charge in [-0.05, 0) is 263 Å². The molecule has 0 radical (unpaired) electrons. The Hall–Kier alpha value is -17.6. The number of nitrogens with zero attached hydrogens (tertiary/aromatic N) is 11. The highest BCUT2D eigenvalue weighted by Crippen LogP contribution is 2.43. The number of hydrogen-bond acceptors (Lipinski definition) is 26. The number of non-ortho nitro benzene ring substituents is 2. The van der Waals surface area contributed by atoms with Crippen LogP contribution in [0.2, 0.25) is 0 Å². The Morgan fingerprint density at radius 2 is 0.733 bits per heavy atom. The number of likely N-dealkylation sites (N-methyl/N-ethyl adjacent to an activating group) is 3. The Balaban J connectivity index is 0.000000241. The number of nitrogens with one attached hydrogen (secondary N) is 12. The molecule has 0 saturated carbocycles. The fourth-order valence-corrected chi connectivity index (χ4v) is 15.2. The number of nitrogens with two attached hydrogens (primary N) is 1. The fourth-order valence-electron chi connectivity index (χ4n) is 15.2. The number of aromatic nitrogens is 6. The smallest absolute Gasteiger partial charge is 0.319 e. The number of anilines is 7. The van der Waals surface area contributed by atoms with Crippen LogP contribution in [-0.4, -0.2) is 197 Å². The second kappa shape index (κ2) is 55.1. The van der Waals surface area contributed by atoms with E-state index in [0.29, 0.717) is 88.6 Å². The van der Waals surface area contributed by atoms with Crippen LogP contribution in [0.3, 0.4) is 0 Å². The van der Waals surface area contributed by atoms with Crippen LogP contribution in [0.25, 0.3) is 0 Å². The number of ether oxygens (including phenoxy) is 1. The number of H-pyrrole nitrogens is 3. The lowest BCUT2D eigenvalue weighted by Gasteiger charge is -2.34. The fraction of sp³-hybridized carbons (Fsp3) is 0.278. The second-order valence-corrected chi connectivity index (χ2v) is 37.6. The summed E-state index contributed by atoms with van der Waals surface area (Å²) in [5.41, 5.74) is 15.4. The molecule has 15 rings (SSSR count). The summed E-state index contributed by atoms with van der Waals surface area (Å²) in [5.74, 6) is -0.800. The summed E-state index contributed by atoms with van der Waals surface area (Å²) in [6.07, 6.45) is 2.62. The van der Waals surface area contributed by atoms with Crippen molar-refractivity contribution in [1.82, 2.24) is 71.0 Å². The molecule has 0 bridgehead atoms. The summed E-state index contributed by atoms with van der Waals surface area (Å²) >= 11 is 4.71. The number of ketones is 3. The van der Waals surface area contributed by atoms with E-state index in [4.69, 9.17) is 27.3 Å². The maximum absolute atomic E-state index is 13.6. The van der Waals surface area contributed by atoms with Crippen LogP contribution in [0.4, 0.5) is 61.2 Å². The lowest BCUT2D eigenvalue weighted by Crippen LogP contribution is -2.48. The van der Waals surface area contributed by atoms with E-state index in [1.165, 1.54) is 96.1 Å². The lowest BCUT2D eigenvalue weighted by atomic mass is 10.0. The number of aromatic amines is 3. The Kier molecular flexibility index (Phi) is 43.2. The number of halogens is 1. The third kappa shape index (κ3) is 34.8. The number of Topliss-reactive ketones (excluding diaryl/α,β-unsaturated/α-hetero) is 3. The van der Waals surface area contributed by atoms with Crippen LogP contribution in [0, 0.1) is 31.7 Å². The van der Waals surface area contributed by atoms with Crippen molar-refractivity contribution in [3.05, 3.63) is 353 Å². The highest BCUT2D eigenvalue weighted by Gasteiger charge is 2.47. The zero-order chi connectivity index (χ0) is 111. The Bertz CT molecular complexity index is 6770. The molecule has 3 atom stereocenters. The van der Waals surface area contributed by atoms with E-state index in [2.05, 4.69) is 85.0 Å². The zero-order valence-electron chi connectivity index (χ0n) is 86.6. The van der Waals surface area contributed by atoms with Gasteiger partial charge in [-0.1, -0.05) is 116 Å². The lowest BCUT2D eigenvalue weighted by molar-refractivity contribution is -0.385. The number of benzene rings is 9. The summed E-state index contributed by atoms with van der Waals surface area (Å²) in [4.78, 5) is 172. The molecular formula is C108H125ClN24O17. The summed E-state index contributed by atoms with van der Waals surface area (Å²) in [6, 6.07) is 65.1. The average molecular weight is 2070 g/mol. The molecule has 0 spiro atoms. The van der Waals surface area contributed by atoms with Gasteiger partial charge >= 0.3 is 12.1 Å². The largest absolute Gasteiger partial charge is 0.418 e. The number of nitro benzene ring substituents is 2. The number of nitriles is 1. The van der Waals surface area contributed by atoms with E-state index in [0.717, 1.165) is 51.0 Å². The minimum atomic E-state index is -0.725. The monoisotopic (exact) mass is 2060 g/mol. The molecule has 0 aliphatic carbocycles. The minimum absolute atomic E-state index is 0.0985. The second-order valence-electron chi connectivity index (χ2n) is 37.2. The van der Waals surface area contributed by atoms with Crippen LogP contribution in [-0.2, 0) is 60.2 Å². The van der Waals surface area contributed by atoms with Crippen LogP contribution in [0.1, 0.15) is 214 Å². The van der Waals surface area contributed by atoms with Crippen molar-refractivity contribution in [2.75, 3.05) is 99.6 Å². The molecule has 3 aliphatic rings. The van der Waals surface area contributed by atoms with Gasteiger partial charge in [0.1, 0.15) is 17.3 Å². The predicted molar refractivity (Wildman–Crippen MR) is 574 cm³/mol. The molecule has 0 saturated heterocycles. The highest BCUT2D eigenvalue weighted by molar-refractivity contribution is 6.66. The molecule has 42 heteroatoms. The van der Waals surface area contributed by atoms with E-state index >= 15 is 0 Å². The van der Waals surface area contributed by atoms with Gasteiger partial charge in [0.25, 0.3) is 53.1 Å². The van der Waals surface area contributed by atoms with Gasteiger partial charge in [-0.25, -0.2) is 9.59 Å². The maximum atomic E-state index is 13.6. The predicted octanol–water partition coefficient (Wildman–Crippen LogP) is 17.1. The Morgan fingerprint density at radius 1 is 0.440 bits per heavy atom. The Morgan fingerprint density at radius 3 is 1.03 bits per heavy atom. The molecular weight excluding hydrogens is 1940 g/mol. The van der Waals surface area contributed by atoms with Crippen LogP contribution >= 0.6 is 11.6 Å². The number of nitro groups is 2. The molecule has 0 unspecified atom stereocenters. The molecule has 6 heterocycles. The third-order valence-electron chi connectivity index (χ3n) is 22.5. The van der Waals surface area contributed by atoms with E-state index in [9.17, 15) is 77.8 Å². The van der Waals surface area contributed by atoms with Crippen LogP contribution in [0.5, 0.6) is 0 Å². The highest BCUT2D eigenvalue weighted by atomic mass is 35.5. The van der Waals surface area contributed by atoms with Gasteiger partial charge in [0.15, 0.2) is 23.6 Å². The third-order valence-corrected chi connectivity index (χ3v) is 22.6. The summed E-state index contributed by atoms with van der Waals surface area (Å²) < 4.78 is 5.00. The number of amides is 10. The van der Waals surface area contributed by atoms with Crippen molar-refractivity contribution in [1.29, 1.82) is 5.26 Å². The number of carbonyl (C=O) groups excluding carboxylic acids is 12. The zero-order valence-corrected chi connectivity index (χ0v) is 87.3. The van der Waals surface area contributed by atoms with E-state index < -0.39 is 49.8 Å². The van der Waals surface area contributed by atoms with Gasteiger partial charge in [0.2, 0.25) is 5.24 Å². The van der Waals surface area contributed by atoms with Gasteiger partial charge in [-0.2, -0.15) is 20.6 Å². The first-order chi connectivity index (χ1) is 70.9. The number of urea groups is 2. The van der Waals surface area contributed by atoms with Gasteiger partial charge < -0.3 is 97.2 Å². The first-order valence-corrected chi connectivity index (χ1v) is 47.3. The first-order valence-electron chi connectivity index (χ1n) is 47.0. The van der Waals surface area contributed by atoms with Crippen molar-refractivity contribution in [2.45, 2.75) is 138 Å². The van der Waals surface area contributed by atoms with E-state index in [-0.39, 0.29) is 106 Å². The molecule has 0 fully saturated rings. The van der Waals surface area contributed by atoms with Crippen molar-refractivity contribution in [3.8, 4) is 6.26 Å². The molecule has 12 aromatic rings. The van der Waals surface area contributed by atoms with Crippen molar-refractivity contribution < 1.29 is 72.1 Å². The average Bonchev–Trinajstić information content (AvgIpc) is 1.59. The van der Waals surface area contributed by atoms with Crippen LogP contribution in [0.15, 0.2) is 249 Å². The summed E-state index contributed by atoms with van der Waals surface area (Å²) in [7, 11) is 11.8. The molecule has 786 valence electrons. The van der Waals surface area contributed by atoms with Gasteiger partial charge in [0.05, 0.1) is 68.7 Å². The molecule has 9 aromatic carbocycles. The van der Waals surface area contributed by atoms with Gasteiger partial charge in [-0.3, -0.25) is 69.1 Å². The summed E-state index contributed by atoms with van der Waals surface area (Å²) in [5, 5.41) is 78.0. The number of fused-ring (bicyclic) bond motifs is 3. The quantitative estimate of drug-likeness (QED) is 0.00568. The summed E-state index contributed by atoms with van der Waals surface area (Å²) in [6.45, 7) is 27.1. The molecule has 150 heavy (non-hydrogen) atoms. The normalized spacial score (nSPS) is 13.0. The van der Waals surface area contributed by atoms with E-state index in [1.807, 2.05) is 190 Å². The van der Waals surface area contributed by atoms with Crippen LogP contribution < -0.4 is 53.6 Å². The molecule has 10 amide bonds. The van der Waals surface area contributed by atoms with Crippen molar-refractivity contribution in [3.63, 3.8) is 0 Å². The number of allylic oxidation sites excluding steroid dienone is 1. The topological polar surface area (TPSA) is 561 Å². The van der Waals surface area contributed by atoms with Crippen molar-refractivity contribution in [2.24, 2.45) is 0 Å². The minimum Gasteiger partial charge on any atom is -0.418 e. The van der Waals surface area contributed by atoms with E-state index in [1.54, 1.807) is 107 Å². The SMILES string of the molecule is C=CC(=O)Cl.CC(C)=O.CC(C)=O.CC(C)=O.CC1(C)NCc2c(NC(=O)c3cccc(NC(=O)c4ccc([N+](=O)[O-])cc4)c3)n[nH]c21.CN(C)C[C@@H](NC(=O)N1Cc2c(NC(=O)c3cccc(NC(=O)c4ccc(N)cc4)c3)n[nH]c2C1(C)C)c1ccccc1.CN(C)C[C@@H](NC(=O)N1Cc2c(NC(=O)c3cccc(NC(=O)c4ccc([N+](=O)[O-])cc4)c3)n[nH]c2C1(C)C)c1ccccc1.CN(C)C[C@@H](OC#N)c1ccccc1. The Labute approximate surface area is 873 Å². The standard InChI is InChI=1S/C32H34N8O5.C32H36N8O3.C21H20N6O4.C11H14N2O.C3H3ClO.3C3H6O/c1-32(2)27-25(18-39(32)31(43)34-26(19-38(3)4)20-9-6-5-7-10-20)28(37-36-27)35-30(42)22-11-8-12-23(17-22)33-29(41)21-13-15-24(16-14-21)40(44)45;1-32(2)27-25(18-40(32)31(43)35-26(19-39(3)4)20-9-6-5-7-10-20)28(38-37-27)36-30(42)22-11-8-12-24(17-22)34-29(41)21-13-15-23(33)16-14-21;1-21(2)17-16(11-22-21)18(26-25-17)24-20(29)13-4-3-5-14(10-13)23-19(28)12-6-8-15(9-7-12)27(30)31;1-13(2)8-11(14-9-12)10-6-4-3-5-7-10;1-2-3(4)5;3*1-3(2)4/h5-17,26H,18-19H2,1-4H3,(H,33,41)(H,34,43)(H2,35,36,37,42);5-17,26H,18-19,33H2,1-4H3,(H,34,41)(H,35,43)(H2,36,37,38,42);3-10,22H,11H2,1-2H3,(H,23,28)(H2,24,25,26,29);3-7,11H,8H2,1-2H3;2H,1H2;3*1-2H3/t2*26-;;11-;;;;/m11.1..../s1. The number of rotatable bonds is 27. The van der Waals surface area contributed by atoms with Gasteiger partial charge in [-0.15, -0.1) is 0 Å². The van der Waals surface area contributed by atoms with Crippen molar-refractivity contribution >= 4 is 133 Å². The van der Waals surface area contributed by atoms with Gasteiger partial charge in [0, 0.05) is 123 Å². The molecule has 3 aliphatic heterocycles. The molecule has 41 nitrogen and oxygen atoms in total.